The number of nitrogens with one attached hydrogen (secondary N) is 4. The van der Waals surface area contributed by atoms with Crippen molar-refractivity contribution in [3.63, 3.8) is 0 Å². The van der Waals surface area contributed by atoms with Crippen LogP contribution in [0.5, 0.6) is 5.75 Å². The number of piperazine rings is 1. The van der Waals surface area contributed by atoms with E-state index >= 15 is 0 Å². The fourth-order valence-corrected chi connectivity index (χ4v) is 7.02. The van der Waals surface area contributed by atoms with Gasteiger partial charge in [-0.15, -0.1) is 0 Å². The van der Waals surface area contributed by atoms with E-state index in [0.29, 0.717) is 38.4 Å². The average Bonchev–Trinajstić information content (AvgIpc) is 3.51. The first-order valence-corrected chi connectivity index (χ1v) is 17.0. The first-order chi connectivity index (χ1) is 24.3. The number of halogens is 2. The number of rotatable bonds is 10. The van der Waals surface area contributed by atoms with E-state index in [0.717, 1.165) is 54.4 Å². The van der Waals surface area contributed by atoms with Crippen LogP contribution in [0.1, 0.15) is 41.6 Å². The number of carbonyl (C=O) groups is 2. The Bertz CT molecular complexity index is 1860. The maximum atomic E-state index is 14.4. The first-order valence-electron chi connectivity index (χ1n) is 17.0. The topological polar surface area (TPSA) is 134 Å². The number of phenols is 1. The fourth-order valence-electron chi connectivity index (χ4n) is 7.02. The maximum Gasteiger partial charge on any atom is 0.255 e. The molecule has 2 amide bonds. The van der Waals surface area contributed by atoms with Crippen LogP contribution in [0.2, 0.25) is 0 Å². The zero-order valence-electron chi connectivity index (χ0n) is 27.5. The Hall–Kier alpha value is -5.14. The number of nitrogens with zero attached hydrogens (tertiary/aromatic N) is 4. The predicted molar refractivity (Wildman–Crippen MR) is 187 cm³/mol. The molecular weight excluding hydrogens is 642 g/mol. The second-order valence-corrected chi connectivity index (χ2v) is 13.2. The highest BCUT2D eigenvalue weighted by molar-refractivity contribution is 5.99. The second kappa shape index (κ2) is 14.8. The number of aromatic nitrogens is 1. The summed E-state index contributed by atoms with van der Waals surface area (Å²) in [7, 11) is 0. The molecule has 1 unspecified atom stereocenters. The van der Waals surface area contributed by atoms with Crippen LogP contribution in [0, 0.1) is 5.82 Å². The van der Waals surface area contributed by atoms with Crippen molar-refractivity contribution >= 4 is 29.2 Å². The predicted octanol–water partition coefficient (Wildman–Crippen LogP) is 4.36. The summed E-state index contributed by atoms with van der Waals surface area (Å²) in [5.41, 5.74) is 3.39. The van der Waals surface area contributed by atoms with Gasteiger partial charge in [-0.2, -0.15) is 0 Å². The van der Waals surface area contributed by atoms with Gasteiger partial charge in [0.1, 0.15) is 29.0 Å². The minimum Gasteiger partial charge on any atom is -0.508 e. The third kappa shape index (κ3) is 8.01. The lowest BCUT2D eigenvalue weighted by Gasteiger charge is -2.30. The van der Waals surface area contributed by atoms with Gasteiger partial charge in [0.15, 0.2) is 0 Å². The summed E-state index contributed by atoms with van der Waals surface area (Å²) in [5.74, 6) is -0.149. The number of aromatic hydroxyl groups is 1. The molecule has 4 aliphatic rings. The molecule has 3 aliphatic heterocycles. The number of aliphatic imine (C=N–C) groups is 1. The number of carbonyl (C=O) groups excluding carboxylic acids is 2. The summed E-state index contributed by atoms with van der Waals surface area (Å²) in [4.78, 5) is 38.2. The molecule has 11 nitrogen and oxygen atoms in total. The monoisotopic (exact) mass is 682 g/mol. The molecule has 3 aromatic rings. The lowest BCUT2D eigenvalue weighted by molar-refractivity contribution is -0.124. The maximum absolute atomic E-state index is 14.4. The van der Waals surface area contributed by atoms with Gasteiger partial charge in [0.25, 0.3) is 5.91 Å². The quantitative estimate of drug-likeness (QED) is 0.213. The molecule has 13 heteroatoms. The minimum atomic E-state index is -0.608. The third-order valence-electron chi connectivity index (χ3n) is 9.53. The van der Waals surface area contributed by atoms with Gasteiger partial charge in [0, 0.05) is 56.7 Å². The van der Waals surface area contributed by atoms with Crippen LogP contribution in [-0.4, -0.2) is 88.4 Å². The van der Waals surface area contributed by atoms with Crippen molar-refractivity contribution in [3.8, 4) is 16.9 Å². The van der Waals surface area contributed by atoms with Crippen LogP contribution in [0.4, 0.5) is 20.3 Å². The number of phenolic OH excluding ortho intramolecular Hbond substituents is 1. The van der Waals surface area contributed by atoms with E-state index < -0.39 is 11.7 Å². The molecule has 7 rings (SSSR count). The number of benzene rings is 2. The van der Waals surface area contributed by atoms with Crippen LogP contribution < -0.4 is 21.3 Å². The molecule has 2 aromatic carbocycles. The minimum absolute atomic E-state index is 0.0293. The molecule has 1 saturated carbocycles. The van der Waals surface area contributed by atoms with E-state index in [9.17, 15) is 23.5 Å². The van der Waals surface area contributed by atoms with Gasteiger partial charge >= 0.3 is 0 Å². The zero-order valence-corrected chi connectivity index (χ0v) is 27.5. The van der Waals surface area contributed by atoms with Crippen molar-refractivity contribution in [2.24, 2.45) is 4.99 Å². The second-order valence-electron chi connectivity index (χ2n) is 13.2. The van der Waals surface area contributed by atoms with Crippen LogP contribution in [0.15, 0.2) is 83.9 Å². The SMILES string of the molecule is O=C1CN(Cc2cc(O)ccc2-c2cccc(Nc3ncc(F)cc3C(=O)NC3CCC(NCC4CN5C=C(F)C=CC5=N4)CC3)c2)CCN1. The van der Waals surface area contributed by atoms with Gasteiger partial charge < -0.3 is 31.3 Å². The molecular formula is C37H40F2N8O3. The molecule has 0 radical (unpaired) electrons. The van der Waals surface area contributed by atoms with E-state index in [4.69, 9.17) is 0 Å². The molecule has 260 valence electrons. The Balaban J connectivity index is 0.969. The molecule has 1 aliphatic carbocycles. The molecule has 4 heterocycles. The van der Waals surface area contributed by atoms with Gasteiger partial charge in [0.2, 0.25) is 5.91 Å². The molecule has 5 N–H and O–H groups in total. The number of fused-ring (bicyclic) bond motifs is 1. The Morgan fingerprint density at radius 1 is 1.04 bits per heavy atom. The van der Waals surface area contributed by atoms with Crippen molar-refractivity contribution in [2.45, 2.75) is 50.4 Å². The van der Waals surface area contributed by atoms with Crippen molar-refractivity contribution in [1.29, 1.82) is 0 Å². The highest BCUT2D eigenvalue weighted by Gasteiger charge is 2.28. The van der Waals surface area contributed by atoms with Gasteiger partial charge in [-0.3, -0.25) is 19.5 Å². The van der Waals surface area contributed by atoms with Crippen LogP contribution in [0.3, 0.4) is 0 Å². The number of hydrogen-bond acceptors (Lipinski definition) is 9. The largest absolute Gasteiger partial charge is 0.508 e. The highest BCUT2D eigenvalue weighted by Crippen LogP contribution is 2.31. The fraction of sp³-hybridized carbons (Fsp3) is 0.351. The lowest BCUT2D eigenvalue weighted by Crippen LogP contribution is -2.47. The van der Waals surface area contributed by atoms with Gasteiger partial charge in [-0.25, -0.2) is 13.8 Å². The van der Waals surface area contributed by atoms with E-state index in [1.54, 1.807) is 18.2 Å². The molecule has 50 heavy (non-hydrogen) atoms. The van der Waals surface area contributed by atoms with Gasteiger partial charge in [-0.1, -0.05) is 18.2 Å². The molecule has 1 saturated heterocycles. The van der Waals surface area contributed by atoms with Crippen molar-refractivity contribution in [2.75, 3.05) is 38.0 Å². The van der Waals surface area contributed by atoms with Crippen molar-refractivity contribution < 1.29 is 23.5 Å². The smallest absolute Gasteiger partial charge is 0.255 e. The zero-order chi connectivity index (χ0) is 34.6. The van der Waals surface area contributed by atoms with Crippen LogP contribution in [0.25, 0.3) is 11.1 Å². The van der Waals surface area contributed by atoms with Gasteiger partial charge in [0.05, 0.1) is 24.3 Å². The number of amides is 2. The molecule has 0 spiro atoms. The number of hydrogen-bond donors (Lipinski definition) is 5. The van der Waals surface area contributed by atoms with E-state index in [1.807, 2.05) is 40.1 Å². The lowest BCUT2D eigenvalue weighted by atomic mass is 9.91. The standard InChI is InChI=1S/C37H40F2N8O3/c38-25-4-11-34-43-30(21-47(34)20-25)18-41-27-5-7-28(8-6-27)45-37(50)33-16-26(39)17-42-36(33)44-29-3-1-2-23(14-29)32-10-9-31(48)15-24(32)19-46-13-12-40-35(49)22-46/h1-4,9-11,14-17,20,27-28,30,41,48H,5-8,12-13,18-19,21-22H2,(H,40,49)(H,42,44)(H,45,50). The summed E-state index contributed by atoms with van der Waals surface area (Å²) in [5, 5.41) is 23.0. The van der Waals surface area contributed by atoms with E-state index in [-0.39, 0.29) is 53.5 Å². The summed E-state index contributed by atoms with van der Waals surface area (Å²) < 4.78 is 28.0. The molecule has 1 aromatic heterocycles. The van der Waals surface area contributed by atoms with Crippen LogP contribution >= 0.6 is 0 Å². The van der Waals surface area contributed by atoms with Crippen molar-refractivity contribution in [1.82, 2.24) is 30.7 Å². The summed E-state index contributed by atoms with van der Waals surface area (Å²) >= 11 is 0. The summed E-state index contributed by atoms with van der Waals surface area (Å²) in [6, 6.07) is 14.2. The Morgan fingerprint density at radius 2 is 1.88 bits per heavy atom. The molecule has 2 fully saturated rings. The number of allylic oxidation sites excluding steroid dienone is 2. The summed E-state index contributed by atoms with van der Waals surface area (Å²) in [6.07, 6.45) is 8.97. The van der Waals surface area contributed by atoms with Crippen LogP contribution in [-0.2, 0) is 11.3 Å². The average molecular weight is 683 g/mol. The Morgan fingerprint density at radius 3 is 2.72 bits per heavy atom. The summed E-state index contributed by atoms with van der Waals surface area (Å²) in [6.45, 7) is 3.39. The van der Waals surface area contributed by atoms with E-state index in [1.165, 1.54) is 18.3 Å². The third-order valence-corrected chi connectivity index (χ3v) is 9.53. The highest BCUT2D eigenvalue weighted by atomic mass is 19.1. The molecule has 1 atom stereocenters. The number of pyridine rings is 1. The molecule has 0 bridgehead atoms. The Labute approximate surface area is 289 Å². The van der Waals surface area contributed by atoms with Gasteiger partial charge in [-0.05, 0) is 84.9 Å². The van der Waals surface area contributed by atoms with E-state index in [2.05, 4.69) is 31.2 Å². The Kier molecular flexibility index (Phi) is 9.85. The first kappa shape index (κ1) is 33.4. The number of anilines is 2. The number of amidine groups is 1. The van der Waals surface area contributed by atoms with Crippen molar-refractivity contribution in [3.05, 3.63) is 95.9 Å². The normalized spacial score (nSPS) is 22.0.